The lowest BCUT2D eigenvalue weighted by Crippen LogP contribution is -2.23. The highest BCUT2D eigenvalue weighted by atomic mass is 19.1. The SMILES string of the molecule is C=CCN(CC=C)Cc1ccc(F)cc1. The van der Waals surface area contributed by atoms with Crippen LogP contribution in [0.15, 0.2) is 49.6 Å². The lowest BCUT2D eigenvalue weighted by atomic mass is 10.2. The topological polar surface area (TPSA) is 3.24 Å². The lowest BCUT2D eigenvalue weighted by molar-refractivity contribution is 0.327. The first kappa shape index (κ1) is 11.7. The van der Waals surface area contributed by atoms with Crippen molar-refractivity contribution >= 4 is 0 Å². The van der Waals surface area contributed by atoms with Gasteiger partial charge in [0.2, 0.25) is 0 Å². The van der Waals surface area contributed by atoms with Crippen molar-refractivity contribution in [1.29, 1.82) is 0 Å². The average molecular weight is 205 g/mol. The number of hydrogen-bond donors (Lipinski definition) is 0. The van der Waals surface area contributed by atoms with Crippen LogP contribution in [-0.2, 0) is 6.54 Å². The zero-order valence-corrected chi connectivity index (χ0v) is 8.82. The zero-order chi connectivity index (χ0) is 11.1. The van der Waals surface area contributed by atoms with Crippen molar-refractivity contribution in [3.8, 4) is 0 Å². The van der Waals surface area contributed by atoms with E-state index in [4.69, 9.17) is 0 Å². The molecule has 0 N–H and O–H groups in total. The summed E-state index contributed by atoms with van der Waals surface area (Å²) in [5.74, 6) is -0.197. The molecule has 0 fully saturated rings. The number of hydrogen-bond acceptors (Lipinski definition) is 1. The highest BCUT2D eigenvalue weighted by Crippen LogP contribution is 2.06. The molecule has 1 aromatic rings. The van der Waals surface area contributed by atoms with E-state index in [-0.39, 0.29) is 5.82 Å². The smallest absolute Gasteiger partial charge is 0.123 e. The maximum atomic E-state index is 12.7. The summed E-state index contributed by atoms with van der Waals surface area (Å²) in [4.78, 5) is 2.17. The van der Waals surface area contributed by atoms with Gasteiger partial charge in [-0.3, -0.25) is 4.90 Å². The fourth-order valence-electron chi connectivity index (χ4n) is 1.42. The predicted octanol–water partition coefficient (Wildman–Crippen LogP) is 3.00. The summed E-state index contributed by atoms with van der Waals surface area (Å²) in [6, 6.07) is 6.56. The first-order valence-electron chi connectivity index (χ1n) is 4.95. The van der Waals surface area contributed by atoms with Gasteiger partial charge in [-0.25, -0.2) is 4.39 Å². The van der Waals surface area contributed by atoms with Crippen LogP contribution in [0, 0.1) is 5.82 Å². The molecule has 0 unspecified atom stereocenters. The molecule has 1 rings (SSSR count). The van der Waals surface area contributed by atoms with Crippen LogP contribution in [0.1, 0.15) is 5.56 Å². The number of halogens is 1. The maximum Gasteiger partial charge on any atom is 0.123 e. The molecule has 0 heterocycles. The van der Waals surface area contributed by atoms with Crippen molar-refractivity contribution in [3.05, 3.63) is 61.0 Å². The quantitative estimate of drug-likeness (QED) is 0.645. The summed E-state index contributed by atoms with van der Waals surface area (Å²) >= 11 is 0. The second-order valence-electron chi connectivity index (χ2n) is 3.40. The third-order valence-corrected chi connectivity index (χ3v) is 2.09. The Bertz CT molecular complexity index is 306. The molecule has 1 aromatic carbocycles. The molecule has 15 heavy (non-hydrogen) atoms. The molecular formula is C13H16FN. The molecule has 0 radical (unpaired) electrons. The molecule has 0 aromatic heterocycles. The molecule has 0 spiro atoms. The fraction of sp³-hybridized carbons (Fsp3) is 0.231. The standard InChI is InChI=1S/C13H16FN/c1-3-9-15(10-4-2)11-12-5-7-13(14)8-6-12/h3-8H,1-2,9-11H2. The van der Waals surface area contributed by atoms with Gasteiger partial charge in [0.15, 0.2) is 0 Å². The normalized spacial score (nSPS) is 10.3. The maximum absolute atomic E-state index is 12.7. The summed E-state index contributed by atoms with van der Waals surface area (Å²) in [7, 11) is 0. The molecule has 0 aliphatic rings. The predicted molar refractivity (Wildman–Crippen MR) is 62.1 cm³/mol. The first-order chi connectivity index (χ1) is 7.26. The molecule has 0 saturated carbocycles. The second-order valence-corrected chi connectivity index (χ2v) is 3.40. The van der Waals surface area contributed by atoms with Gasteiger partial charge >= 0.3 is 0 Å². The third kappa shape index (κ3) is 4.09. The van der Waals surface area contributed by atoms with Crippen molar-refractivity contribution < 1.29 is 4.39 Å². The van der Waals surface area contributed by atoms with Crippen molar-refractivity contribution in [2.45, 2.75) is 6.54 Å². The molecule has 0 amide bonds. The summed E-state index contributed by atoms with van der Waals surface area (Å²) in [5.41, 5.74) is 1.10. The third-order valence-electron chi connectivity index (χ3n) is 2.09. The molecule has 0 bridgehead atoms. The minimum absolute atomic E-state index is 0.197. The Labute approximate surface area is 90.5 Å². The molecule has 0 atom stereocenters. The van der Waals surface area contributed by atoms with Crippen LogP contribution in [-0.4, -0.2) is 18.0 Å². The Balaban J connectivity index is 2.60. The van der Waals surface area contributed by atoms with Gasteiger partial charge in [-0.2, -0.15) is 0 Å². The van der Waals surface area contributed by atoms with E-state index in [0.717, 1.165) is 25.2 Å². The molecule has 80 valence electrons. The molecule has 0 saturated heterocycles. The van der Waals surface area contributed by atoms with E-state index < -0.39 is 0 Å². The number of benzene rings is 1. The van der Waals surface area contributed by atoms with Gasteiger partial charge in [0, 0.05) is 19.6 Å². The Morgan fingerprint density at radius 3 is 2.07 bits per heavy atom. The molecule has 0 aliphatic carbocycles. The number of nitrogens with zero attached hydrogens (tertiary/aromatic N) is 1. The summed E-state index contributed by atoms with van der Waals surface area (Å²) < 4.78 is 12.7. The largest absolute Gasteiger partial charge is 0.292 e. The molecule has 2 heteroatoms. The van der Waals surface area contributed by atoms with Gasteiger partial charge in [0.05, 0.1) is 0 Å². The Kier molecular flexibility index (Phi) is 4.78. The van der Waals surface area contributed by atoms with Gasteiger partial charge in [-0.15, -0.1) is 13.2 Å². The van der Waals surface area contributed by atoms with E-state index in [9.17, 15) is 4.39 Å². The van der Waals surface area contributed by atoms with E-state index in [1.54, 1.807) is 12.1 Å². The van der Waals surface area contributed by atoms with Gasteiger partial charge in [0.25, 0.3) is 0 Å². The molecule has 0 aliphatic heterocycles. The van der Waals surface area contributed by atoms with E-state index in [1.165, 1.54) is 12.1 Å². The van der Waals surface area contributed by atoms with Crippen LogP contribution < -0.4 is 0 Å². The summed E-state index contributed by atoms with van der Waals surface area (Å²) in [5, 5.41) is 0. The minimum Gasteiger partial charge on any atom is -0.292 e. The Morgan fingerprint density at radius 2 is 1.60 bits per heavy atom. The van der Waals surface area contributed by atoms with E-state index in [1.807, 2.05) is 12.2 Å². The van der Waals surface area contributed by atoms with Crippen LogP contribution in [0.25, 0.3) is 0 Å². The van der Waals surface area contributed by atoms with Crippen molar-refractivity contribution in [1.82, 2.24) is 4.90 Å². The van der Waals surface area contributed by atoms with Gasteiger partial charge in [-0.1, -0.05) is 24.3 Å². The highest BCUT2D eigenvalue weighted by molar-refractivity contribution is 5.16. The summed E-state index contributed by atoms with van der Waals surface area (Å²) in [6.07, 6.45) is 3.71. The highest BCUT2D eigenvalue weighted by Gasteiger charge is 2.01. The Morgan fingerprint density at radius 1 is 1.07 bits per heavy atom. The Hall–Kier alpha value is -1.41. The van der Waals surface area contributed by atoms with Crippen LogP contribution >= 0.6 is 0 Å². The zero-order valence-electron chi connectivity index (χ0n) is 8.82. The lowest BCUT2D eigenvalue weighted by Gasteiger charge is -2.18. The molecular weight excluding hydrogens is 189 g/mol. The van der Waals surface area contributed by atoms with Crippen molar-refractivity contribution in [2.24, 2.45) is 0 Å². The van der Waals surface area contributed by atoms with Gasteiger partial charge in [-0.05, 0) is 17.7 Å². The average Bonchev–Trinajstić information content (AvgIpc) is 2.22. The number of rotatable bonds is 6. The minimum atomic E-state index is -0.197. The fourth-order valence-corrected chi connectivity index (χ4v) is 1.42. The van der Waals surface area contributed by atoms with E-state index in [2.05, 4.69) is 18.1 Å². The van der Waals surface area contributed by atoms with Crippen LogP contribution in [0.5, 0.6) is 0 Å². The van der Waals surface area contributed by atoms with Gasteiger partial charge < -0.3 is 0 Å². The monoisotopic (exact) mass is 205 g/mol. The van der Waals surface area contributed by atoms with Crippen molar-refractivity contribution in [2.75, 3.05) is 13.1 Å². The van der Waals surface area contributed by atoms with Crippen LogP contribution in [0.2, 0.25) is 0 Å². The van der Waals surface area contributed by atoms with E-state index >= 15 is 0 Å². The van der Waals surface area contributed by atoms with Gasteiger partial charge in [0.1, 0.15) is 5.82 Å². The van der Waals surface area contributed by atoms with Crippen LogP contribution in [0.4, 0.5) is 4.39 Å². The van der Waals surface area contributed by atoms with Crippen LogP contribution in [0.3, 0.4) is 0 Å². The van der Waals surface area contributed by atoms with E-state index in [0.29, 0.717) is 0 Å². The first-order valence-corrected chi connectivity index (χ1v) is 4.95. The summed E-state index contributed by atoms with van der Waals surface area (Å²) in [6.45, 7) is 9.81. The second kappa shape index (κ2) is 6.14. The molecule has 1 nitrogen and oxygen atoms in total. The van der Waals surface area contributed by atoms with Crippen molar-refractivity contribution in [3.63, 3.8) is 0 Å².